The van der Waals surface area contributed by atoms with E-state index >= 15 is 0 Å². The third-order valence-electron chi connectivity index (χ3n) is 5.77. The van der Waals surface area contributed by atoms with Gasteiger partial charge in [-0.1, -0.05) is 0 Å². The molecule has 5 rings (SSSR count). The molecule has 0 amide bonds. The highest BCUT2D eigenvalue weighted by Gasteiger charge is 2.27. The molecule has 2 fully saturated rings. The van der Waals surface area contributed by atoms with Crippen molar-refractivity contribution in [1.29, 1.82) is 5.41 Å². The molecule has 4 heterocycles. The Morgan fingerprint density at radius 1 is 1.10 bits per heavy atom. The lowest BCUT2D eigenvalue weighted by molar-refractivity contribution is 0.122. The normalized spacial score (nSPS) is 20.2. The van der Waals surface area contributed by atoms with E-state index in [1.165, 1.54) is 5.69 Å². The van der Waals surface area contributed by atoms with Crippen LogP contribution in [-0.4, -0.2) is 60.1 Å². The summed E-state index contributed by atoms with van der Waals surface area (Å²) < 4.78 is 5.47. The van der Waals surface area contributed by atoms with Crippen molar-refractivity contribution >= 4 is 39.5 Å². The van der Waals surface area contributed by atoms with E-state index in [0.29, 0.717) is 5.71 Å². The van der Waals surface area contributed by atoms with E-state index in [-0.39, 0.29) is 5.92 Å². The first-order valence-corrected chi connectivity index (χ1v) is 11.0. The van der Waals surface area contributed by atoms with Crippen LogP contribution in [0.25, 0.3) is 10.9 Å². The number of benzene rings is 1. The number of thiazole rings is 1. The van der Waals surface area contributed by atoms with Crippen LogP contribution in [-0.2, 0) is 4.74 Å². The molecule has 2 aliphatic rings. The molecule has 7 nitrogen and oxygen atoms in total. The Labute approximate surface area is 173 Å². The molecule has 2 aliphatic heterocycles. The Balaban J connectivity index is 1.41. The Morgan fingerprint density at radius 3 is 2.83 bits per heavy atom. The average molecular weight is 409 g/mol. The quantitative estimate of drug-likeness (QED) is 0.668. The molecule has 1 unspecified atom stereocenters. The fourth-order valence-corrected chi connectivity index (χ4v) is 4.90. The van der Waals surface area contributed by atoms with Crippen molar-refractivity contribution in [3.8, 4) is 0 Å². The Morgan fingerprint density at radius 2 is 2.00 bits per heavy atom. The molecular weight excluding hydrogens is 384 g/mol. The number of hydrogen-bond acceptors (Lipinski definition) is 8. The summed E-state index contributed by atoms with van der Waals surface area (Å²) in [6.07, 6.45) is 5.52. The summed E-state index contributed by atoms with van der Waals surface area (Å²) in [5, 5.41) is 12.4. The van der Waals surface area contributed by atoms with Crippen molar-refractivity contribution in [2.75, 3.05) is 49.2 Å². The zero-order valence-electron chi connectivity index (χ0n) is 16.3. The summed E-state index contributed by atoms with van der Waals surface area (Å²) in [4.78, 5) is 18.2. The number of aromatic nitrogens is 3. The van der Waals surface area contributed by atoms with Crippen molar-refractivity contribution in [2.24, 2.45) is 5.92 Å². The summed E-state index contributed by atoms with van der Waals surface area (Å²) in [7, 11) is 0. The van der Waals surface area contributed by atoms with Crippen molar-refractivity contribution in [3.63, 3.8) is 0 Å². The van der Waals surface area contributed by atoms with Gasteiger partial charge in [0.1, 0.15) is 17.2 Å². The summed E-state index contributed by atoms with van der Waals surface area (Å²) in [6.45, 7) is 5.13. The van der Waals surface area contributed by atoms with E-state index in [4.69, 9.17) is 10.1 Å². The highest BCUT2D eigenvalue weighted by Crippen LogP contribution is 2.31. The van der Waals surface area contributed by atoms with Crippen LogP contribution in [0.4, 0.5) is 11.5 Å². The van der Waals surface area contributed by atoms with Gasteiger partial charge in [0.2, 0.25) is 0 Å². The number of fused-ring (bicyclic) bond motifs is 1. The fourth-order valence-electron chi connectivity index (χ4n) is 4.24. The molecule has 0 spiro atoms. The molecule has 1 aromatic carbocycles. The van der Waals surface area contributed by atoms with E-state index in [0.717, 1.165) is 74.0 Å². The predicted octanol–water partition coefficient (Wildman–Crippen LogP) is 3.21. The lowest BCUT2D eigenvalue weighted by Gasteiger charge is -2.34. The zero-order valence-corrected chi connectivity index (χ0v) is 17.1. The van der Waals surface area contributed by atoms with E-state index < -0.39 is 0 Å². The molecule has 150 valence electrons. The van der Waals surface area contributed by atoms with Crippen molar-refractivity contribution in [3.05, 3.63) is 41.1 Å². The van der Waals surface area contributed by atoms with Gasteiger partial charge in [-0.2, -0.15) is 0 Å². The largest absolute Gasteiger partial charge is 0.378 e. The zero-order chi connectivity index (χ0) is 19.6. The number of piperidine rings is 1. The van der Waals surface area contributed by atoms with Crippen LogP contribution >= 0.6 is 11.3 Å². The number of nitrogens with one attached hydrogen (secondary N) is 1. The Bertz CT molecular complexity index is 1000. The number of nitrogens with zero attached hydrogens (tertiary/aromatic N) is 5. The summed E-state index contributed by atoms with van der Waals surface area (Å²) >= 11 is 1.55. The minimum absolute atomic E-state index is 0.188. The van der Waals surface area contributed by atoms with Gasteiger partial charge in [-0.25, -0.2) is 15.0 Å². The molecule has 3 aromatic rings. The molecule has 8 heteroatoms. The van der Waals surface area contributed by atoms with Gasteiger partial charge in [0.25, 0.3) is 0 Å². The van der Waals surface area contributed by atoms with Crippen molar-refractivity contribution in [1.82, 2.24) is 15.0 Å². The first-order chi connectivity index (χ1) is 14.3. The molecule has 29 heavy (non-hydrogen) atoms. The van der Waals surface area contributed by atoms with Gasteiger partial charge >= 0.3 is 0 Å². The van der Waals surface area contributed by atoms with Crippen LogP contribution in [0.15, 0.2) is 36.1 Å². The molecule has 2 saturated heterocycles. The fraction of sp³-hybridized carbons (Fsp3) is 0.429. The van der Waals surface area contributed by atoms with E-state index in [1.807, 2.05) is 5.38 Å². The van der Waals surface area contributed by atoms with Crippen LogP contribution in [0.1, 0.15) is 17.8 Å². The molecule has 0 aliphatic carbocycles. The van der Waals surface area contributed by atoms with E-state index in [9.17, 15) is 0 Å². The average Bonchev–Trinajstić information content (AvgIpc) is 3.33. The second-order valence-corrected chi connectivity index (χ2v) is 8.43. The number of anilines is 2. The lowest BCUT2D eigenvalue weighted by atomic mass is 9.93. The second-order valence-electron chi connectivity index (χ2n) is 7.53. The molecular formula is C21H24N6OS. The summed E-state index contributed by atoms with van der Waals surface area (Å²) in [6, 6.07) is 6.47. The molecule has 1 atom stereocenters. The van der Waals surface area contributed by atoms with Gasteiger partial charge in [-0.15, -0.1) is 11.3 Å². The predicted molar refractivity (Wildman–Crippen MR) is 116 cm³/mol. The lowest BCUT2D eigenvalue weighted by Crippen LogP contribution is -2.39. The third-order valence-corrected chi connectivity index (χ3v) is 6.57. The monoisotopic (exact) mass is 408 g/mol. The standard InChI is InChI=1S/C21H24N6OS/c22-19(21-23-5-11-29-21)15-2-1-6-27(13-15)20-17-4-3-16(12-18(17)24-14-25-20)26-7-9-28-10-8-26/h3-5,11-12,14-15,22H,1-2,6-10,13H2. The van der Waals surface area contributed by atoms with Crippen LogP contribution < -0.4 is 9.80 Å². The van der Waals surface area contributed by atoms with Gasteiger partial charge in [0.05, 0.1) is 24.4 Å². The van der Waals surface area contributed by atoms with Crippen LogP contribution in [0.5, 0.6) is 0 Å². The van der Waals surface area contributed by atoms with Gasteiger partial charge in [0.15, 0.2) is 0 Å². The topological polar surface area (TPSA) is 78.2 Å². The number of rotatable bonds is 4. The molecule has 0 saturated carbocycles. The minimum Gasteiger partial charge on any atom is -0.378 e. The molecule has 1 N–H and O–H groups in total. The van der Waals surface area contributed by atoms with Gasteiger partial charge < -0.3 is 19.9 Å². The first kappa shape index (κ1) is 18.4. The number of morpholine rings is 1. The Hall–Kier alpha value is -2.58. The van der Waals surface area contributed by atoms with Crippen LogP contribution in [0.3, 0.4) is 0 Å². The van der Waals surface area contributed by atoms with E-state index in [2.05, 4.69) is 43.0 Å². The maximum Gasteiger partial charge on any atom is 0.139 e. The van der Waals surface area contributed by atoms with E-state index in [1.54, 1.807) is 23.9 Å². The van der Waals surface area contributed by atoms with Crippen LogP contribution in [0, 0.1) is 11.3 Å². The minimum atomic E-state index is 0.188. The number of ether oxygens (including phenoxy) is 1. The first-order valence-electron chi connectivity index (χ1n) is 10.1. The highest BCUT2D eigenvalue weighted by molar-refractivity contribution is 7.11. The maximum absolute atomic E-state index is 8.57. The van der Waals surface area contributed by atoms with Gasteiger partial charge in [-0.05, 0) is 31.0 Å². The Kier molecular flexibility index (Phi) is 5.12. The summed E-state index contributed by atoms with van der Waals surface area (Å²) in [5.74, 6) is 1.16. The third kappa shape index (κ3) is 3.70. The molecule has 0 bridgehead atoms. The van der Waals surface area contributed by atoms with Gasteiger partial charge in [-0.3, -0.25) is 0 Å². The molecule has 2 aromatic heterocycles. The van der Waals surface area contributed by atoms with Gasteiger partial charge in [0, 0.05) is 54.7 Å². The second kappa shape index (κ2) is 8.04. The smallest absolute Gasteiger partial charge is 0.139 e. The summed E-state index contributed by atoms with van der Waals surface area (Å²) in [5.41, 5.74) is 2.81. The number of hydrogen-bond donors (Lipinski definition) is 1. The van der Waals surface area contributed by atoms with Crippen molar-refractivity contribution < 1.29 is 4.74 Å². The van der Waals surface area contributed by atoms with Crippen LogP contribution in [0.2, 0.25) is 0 Å². The highest BCUT2D eigenvalue weighted by atomic mass is 32.1. The molecule has 0 radical (unpaired) electrons. The van der Waals surface area contributed by atoms with Crippen molar-refractivity contribution in [2.45, 2.75) is 12.8 Å². The maximum atomic E-state index is 8.57. The SMILES string of the molecule is N=C(c1nccs1)C1CCCN(c2ncnc3cc(N4CCOCC4)ccc23)C1.